The first kappa shape index (κ1) is 29.8. The SMILES string of the molecule is c1ccc(Nc2ccc3c4cc(-c5ccc(Nc6ccc7c(c6)c6ccccc6n7-c6ccccc6)cc5)ccc4n(-c4ccccc4)c3c2)cc1. The van der Waals surface area contributed by atoms with E-state index in [1.807, 2.05) is 6.07 Å². The molecule has 2 N–H and O–H groups in total. The molecule has 0 spiro atoms. The van der Waals surface area contributed by atoms with Crippen LogP contribution in [0.4, 0.5) is 22.7 Å². The van der Waals surface area contributed by atoms with Gasteiger partial charge in [0.15, 0.2) is 0 Å². The molecule has 0 aliphatic heterocycles. The Kier molecular flexibility index (Phi) is 7.10. The number of aromatic nitrogens is 2. The lowest BCUT2D eigenvalue weighted by Gasteiger charge is -2.11. The lowest BCUT2D eigenvalue weighted by atomic mass is 10.0. The van der Waals surface area contributed by atoms with Gasteiger partial charge in [0.25, 0.3) is 0 Å². The summed E-state index contributed by atoms with van der Waals surface area (Å²) >= 11 is 0. The third-order valence-corrected chi connectivity index (χ3v) is 10.0. The molecule has 4 heteroatoms. The van der Waals surface area contributed by atoms with Gasteiger partial charge >= 0.3 is 0 Å². The van der Waals surface area contributed by atoms with Crippen molar-refractivity contribution in [2.24, 2.45) is 0 Å². The summed E-state index contributed by atoms with van der Waals surface area (Å²) in [7, 11) is 0. The van der Waals surface area contributed by atoms with Crippen LogP contribution in [0.3, 0.4) is 0 Å². The number of nitrogens with zero attached hydrogens (tertiary/aromatic N) is 2. The molecule has 0 radical (unpaired) electrons. The smallest absolute Gasteiger partial charge is 0.0561 e. The van der Waals surface area contributed by atoms with Gasteiger partial charge in [-0.1, -0.05) is 97.1 Å². The Morgan fingerprint density at radius 2 is 0.731 bits per heavy atom. The minimum absolute atomic E-state index is 1.05. The van der Waals surface area contributed by atoms with Crippen molar-refractivity contribution in [2.45, 2.75) is 0 Å². The van der Waals surface area contributed by atoms with Crippen molar-refractivity contribution in [1.82, 2.24) is 9.13 Å². The zero-order chi connectivity index (χ0) is 34.4. The third-order valence-electron chi connectivity index (χ3n) is 10.0. The summed E-state index contributed by atoms with van der Waals surface area (Å²) in [5.74, 6) is 0. The molecule has 0 saturated heterocycles. The molecule has 0 bridgehead atoms. The van der Waals surface area contributed by atoms with Gasteiger partial charge in [0.1, 0.15) is 0 Å². The summed E-state index contributed by atoms with van der Waals surface area (Å²) < 4.78 is 4.71. The molecule has 0 fully saturated rings. The fourth-order valence-electron chi connectivity index (χ4n) is 7.64. The van der Waals surface area contributed by atoms with Crippen LogP contribution >= 0.6 is 0 Å². The lowest BCUT2D eigenvalue weighted by molar-refractivity contribution is 1.18. The van der Waals surface area contributed by atoms with Gasteiger partial charge < -0.3 is 19.8 Å². The van der Waals surface area contributed by atoms with Crippen LogP contribution in [0.15, 0.2) is 194 Å². The molecule has 0 amide bonds. The summed E-state index contributed by atoms with van der Waals surface area (Å²) in [6, 6.07) is 69.1. The maximum atomic E-state index is 3.67. The van der Waals surface area contributed by atoms with Crippen molar-refractivity contribution in [3.8, 4) is 22.5 Å². The van der Waals surface area contributed by atoms with Crippen LogP contribution in [0.25, 0.3) is 66.1 Å². The standard InChI is InChI=1S/C48H34N4/c1-4-12-35(13-5-1)49-38-25-27-42-43-30-34(22-28-46(43)52(48(42)32-38)40-16-8-3-9-17-40)33-20-23-36(24-21-33)50-37-26-29-47-44(31-37)41-18-10-11-19-45(41)51(47)39-14-6-2-7-15-39/h1-32,49-50H. The summed E-state index contributed by atoms with van der Waals surface area (Å²) in [5, 5.41) is 12.2. The van der Waals surface area contributed by atoms with Crippen LogP contribution < -0.4 is 10.6 Å². The van der Waals surface area contributed by atoms with Crippen LogP contribution in [0.2, 0.25) is 0 Å². The molecule has 2 heterocycles. The molecule has 8 aromatic carbocycles. The van der Waals surface area contributed by atoms with Crippen molar-refractivity contribution in [2.75, 3.05) is 10.6 Å². The predicted octanol–water partition coefficient (Wildman–Crippen LogP) is 13.0. The number of benzene rings is 8. The Hall–Kier alpha value is -7.04. The molecule has 0 aliphatic rings. The van der Waals surface area contributed by atoms with E-state index < -0.39 is 0 Å². The maximum absolute atomic E-state index is 3.67. The predicted molar refractivity (Wildman–Crippen MR) is 220 cm³/mol. The molecule has 2 aromatic heterocycles. The second-order valence-electron chi connectivity index (χ2n) is 13.2. The zero-order valence-corrected chi connectivity index (χ0v) is 28.4. The topological polar surface area (TPSA) is 33.9 Å². The number of nitrogens with one attached hydrogen (secondary N) is 2. The van der Waals surface area contributed by atoms with E-state index in [1.54, 1.807) is 0 Å². The number of rotatable bonds is 7. The Labute approximate surface area is 301 Å². The molecule has 0 saturated carbocycles. The minimum atomic E-state index is 1.05. The van der Waals surface area contributed by atoms with Gasteiger partial charge in [-0.15, -0.1) is 0 Å². The highest BCUT2D eigenvalue weighted by Gasteiger charge is 2.15. The van der Waals surface area contributed by atoms with E-state index in [-0.39, 0.29) is 0 Å². The van der Waals surface area contributed by atoms with Crippen molar-refractivity contribution in [1.29, 1.82) is 0 Å². The molecule has 10 aromatic rings. The molecule has 4 nitrogen and oxygen atoms in total. The average molecular weight is 667 g/mol. The lowest BCUT2D eigenvalue weighted by Crippen LogP contribution is -1.94. The van der Waals surface area contributed by atoms with Crippen molar-refractivity contribution >= 4 is 66.4 Å². The van der Waals surface area contributed by atoms with E-state index >= 15 is 0 Å². The van der Waals surface area contributed by atoms with E-state index in [0.717, 1.165) is 34.1 Å². The quantitative estimate of drug-likeness (QED) is 0.177. The summed E-state index contributed by atoms with van der Waals surface area (Å²) in [6.45, 7) is 0. The second kappa shape index (κ2) is 12.4. The molecular weight excluding hydrogens is 633 g/mol. The van der Waals surface area contributed by atoms with Gasteiger partial charge in [0.05, 0.1) is 22.1 Å². The monoisotopic (exact) mass is 666 g/mol. The molecule has 10 rings (SSSR count). The van der Waals surface area contributed by atoms with Crippen LogP contribution in [0, 0.1) is 0 Å². The van der Waals surface area contributed by atoms with Gasteiger partial charge in [-0.3, -0.25) is 0 Å². The highest BCUT2D eigenvalue weighted by molar-refractivity contribution is 6.12. The molecular formula is C48H34N4. The number of fused-ring (bicyclic) bond motifs is 6. The second-order valence-corrected chi connectivity index (χ2v) is 13.2. The van der Waals surface area contributed by atoms with Crippen molar-refractivity contribution in [3.63, 3.8) is 0 Å². The van der Waals surface area contributed by atoms with E-state index in [0.29, 0.717) is 0 Å². The largest absolute Gasteiger partial charge is 0.356 e. The normalized spacial score (nSPS) is 11.5. The fraction of sp³-hybridized carbons (Fsp3) is 0. The molecule has 0 atom stereocenters. The van der Waals surface area contributed by atoms with Gasteiger partial charge in [0.2, 0.25) is 0 Å². The third kappa shape index (κ3) is 5.17. The Morgan fingerprint density at radius 1 is 0.269 bits per heavy atom. The highest BCUT2D eigenvalue weighted by Crippen LogP contribution is 2.38. The first-order chi connectivity index (χ1) is 25.8. The number of hydrogen-bond donors (Lipinski definition) is 2. The molecule has 246 valence electrons. The van der Waals surface area contributed by atoms with Gasteiger partial charge in [-0.25, -0.2) is 0 Å². The van der Waals surface area contributed by atoms with Crippen molar-refractivity contribution in [3.05, 3.63) is 194 Å². The maximum Gasteiger partial charge on any atom is 0.0561 e. The van der Waals surface area contributed by atoms with Gasteiger partial charge in [0, 0.05) is 55.7 Å². The average Bonchev–Trinajstić information content (AvgIpc) is 3.71. The van der Waals surface area contributed by atoms with E-state index in [2.05, 4.69) is 208 Å². The van der Waals surface area contributed by atoms with Crippen LogP contribution in [-0.2, 0) is 0 Å². The van der Waals surface area contributed by atoms with Gasteiger partial charge in [-0.2, -0.15) is 0 Å². The fourth-order valence-corrected chi connectivity index (χ4v) is 7.64. The minimum Gasteiger partial charge on any atom is -0.356 e. The molecule has 0 aliphatic carbocycles. The summed E-state index contributed by atoms with van der Waals surface area (Å²) in [5.41, 5.74) is 13.7. The van der Waals surface area contributed by atoms with Crippen LogP contribution in [0.5, 0.6) is 0 Å². The summed E-state index contributed by atoms with van der Waals surface area (Å²) in [4.78, 5) is 0. The van der Waals surface area contributed by atoms with Crippen LogP contribution in [-0.4, -0.2) is 9.13 Å². The van der Waals surface area contributed by atoms with E-state index in [1.165, 1.54) is 54.7 Å². The van der Waals surface area contributed by atoms with E-state index in [4.69, 9.17) is 0 Å². The molecule has 0 unspecified atom stereocenters. The Morgan fingerprint density at radius 3 is 1.44 bits per heavy atom. The van der Waals surface area contributed by atoms with Crippen LogP contribution in [0.1, 0.15) is 0 Å². The van der Waals surface area contributed by atoms with Crippen molar-refractivity contribution < 1.29 is 0 Å². The molecule has 52 heavy (non-hydrogen) atoms. The van der Waals surface area contributed by atoms with E-state index in [9.17, 15) is 0 Å². The summed E-state index contributed by atoms with van der Waals surface area (Å²) in [6.07, 6.45) is 0. The number of anilines is 4. The number of para-hydroxylation sites is 4. The zero-order valence-electron chi connectivity index (χ0n) is 28.4. The highest BCUT2D eigenvalue weighted by atomic mass is 15.0. The van der Waals surface area contributed by atoms with Gasteiger partial charge in [-0.05, 0) is 108 Å². The Bertz CT molecular complexity index is 2870. The first-order valence-corrected chi connectivity index (χ1v) is 17.7. The first-order valence-electron chi connectivity index (χ1n) is 17.7. The number of hydrogen-bond acceptors (Lipinski definition) is 2. The Balaban J connectivity index is 0.988.